The van der Waals surface area contributed by atoms with Gasteiger partial charge in [0, 0.05) is 18.4 Å². The number of hydrogen-bond acceptors (Lipinski definition) is 4. The maximum Gasteiger partial charge on any atom is 1.00 e. The predicted octanol–water partition coefficient (Wildman–Crippen LogP) is -8.93. The molecule has 0 aliphatic heterocycles. The molecule has 0 aromatic heterocycles. The van der Waals surface area contributed by atoms with Crippen LogP contribution in [-0.4, -0.2) is 11.9 Å². The van der Waals surface area contributed by atoms with Crippen molar-refractivity contribution in [2.24, 2.45) is 0 Å². The molecule has 0 aliphatic rings. The molecule has 0 N–H and O–H groups in total. The number of carboxylic acid groups (broad SMARTS) is 2. The number of carbonyl (C=O) groups is 2. The zero-order valence-corrected chi connectivity index (χ0v) is 18.7. The molecule has 0 aliphatic carbocycles. The van der Waals surface area contributed by atoms with Crippen LogP contribution in [-0.2, 0) is 9.59 Å². The average molecular weight is 300 g/mol. The molecule has 0 aromatic carbocycles. The molecule has 0 fully saturated rings. The first kappa shape index (κ1) is 32.7. The topological polar surface area (TPSA) is 80.3 Å². The summed E-state index contributed by atoms with van der Waals surface area (Å²) in [6, 6.07) is 0. The minimum Gasteiger partial charge on any atom is -0.550 e. The van der Waals surface area contributed by atoms with Gasteiger partial charge >= 0.3 is 122 Å². The quantitative estimate of drug-likeness (QED) is 0.202. The summed E-state index contributed by atoms with van der Waals surface area (Å²) in [6.45, 7) is 4.38. The Bertz CT molecular complexity index is 162. The van der Waals surface area contributed by atoms with E-state index in [9.17, 15) is 19.8 Å². The van der Waals surface area contributed by atoms with Gasteiger partial charge in [0.25, 0.3) is 0 Å². The summed E-state index contributed by atoms with van der Waals surface area (Å²) < 4.78 is 0. The van der Waals surface area contributed by atoms with E-state index in [1.165, 1.54) is 32.1 Å². The largest absolute Gasteiger partial charge is 1.00 e. The minimum atomic E-state index is -1.63. The fourth-order valence-corrected chi connectivity index (χ4v) is 0.893. The van der Waals surface area contributed by atoms with Crippen LogP contribution < -0.4 is 132 Å². The van der Waals surface area contributed by atoms with E-state index < -0.39 is 18.4 Å². The SMILES string of the molecule is C[CH-]CCCCCC.O=C([O-])CC(=O)[O-].[K+].[K+].[Li+]. The Morgan fingerprint density at radius 1 is 1.00 bits per heavy atom. The van der Waals surface area contributed by atoms with Crippen molar-refractivity contribution < 1.29 is 141 Å². The van der Waals surface area contributed by atoms with Crippen LogP contribution in [0.2, 0.25) is 0 Å². The Kier molecular flexibility index (Phi) is 50.9. The van der Waals surface area contributed by atoms with Crippen molar-refractivity contribution in [1.82, 2.24) is 0 Å². The molecular formula is C11H19K2LiO4. The summed E-state index contributed by atoms with van der Waals surface area (Å²) in [4.78, 5) is 18.6. The standard InChI is InChI=1S/C8H17.C3H4O4.2K.Li/c1-3-5-7-8-6-4-2;4-2(5)1-3(6)7;;;/h3H,4-8H2,1-2H3;1H2,(H,4,5)(H,6,7);;;/q-1;;3*+1/p-2. The molecule has 0 saturated carbocycles. The molecule has 0 saturated heterocycles. The van der Waals surface area contributed by atoms with Gasteiger partial charge in [0.2, 0.25) is 0 Å². The molecule has 0 unspecified atom stereocenters. The molecule has 4 nitrogen and oxygen atoms in total. The van der Waals surface area contributed by atoms with Crippen LogP contribution in [0, 0.1) is 6.42 Å². The summed E-state index contributed by atoms with van der Waals surface area (Å²) in [5.41, 5.74) is 0. The number of carboxylic acids is 2. The van der Waals surface area contributed by atoms with Gasteiger partial charge in [-0.2, -0.15) is 13.3 Å². The Morgan fingerprint density at radius 3 is 1.67 bits per heavy atom. The van der Waals surface area contributed by atoms with Crippen molar-refractivity contribution in [2.75, 3.05) is 0 Å². The second kappa shape index (κ2) is 28.0. The molecule has 0 bridgehead atoms. The van der Waals surface area contributed by atoms with Crippen LogP contribution in [0.25, 0.3) is 0 Å². The third-order valence-electron chi connectivity index (χ3n) is 1.64. The molecule has 7 heteroatoms. The van der Waals surface area contributed by atoms with Crippen LogP contribution in [0.5, 0.6) is 0 Å². The molecule has 0 spiro atoms. The van der Waals surface area contributed by atoms with Gasteiger partial charge in [-0.25, -0.2) is 0 Å². The molecule has 0 atom stereocenters. The Balaban J connectivity index is -0.0000000540. The number of unbranched alkanes of at least 4 members (excludes halogenated alkanes) is 5. The van der Waals surface area contributed by atoms with E-state index in [1.807, 2.05) is 0 Å². The van der Waals surface area contributed by atoms with Crippen LogP contribution in [0.3, 0.4) is 0 Å². The zero-order chi connectivity index (χ0) is 12.1. The summed E-state index contributed by atoms with van der Waals surface area (Å²) in [7, 11) is 0. The fraction of sp³-hybridized carbons (Fsp3) is 0.727. The van der Waals surface area contributed by atoms with Crippen molar-refractivity contribution in [2.45, 2.75) is 52.4 Å². The first-order chi connectivity index (χ1) is 7.04. The molecule has 0 heterocycles. The van der Waals surface area contributed by atoms with Crippen molar-refractivity contribution in [3.05, 3.63) is 6.42 Å². The van der Waals surface area contributed by atoms with E-state index in [0.29, 0.717) is 0 Å². The maximum atomic E-state index is 9.28. The van der Waals surface area contributed by atoms with Gasteiger partial charge in [-0.1, -0.05) is 32.6 Å². The normalized spacial score (nSPS) is 7.44. The van der Waals surface area contributed by atoms with Gasteiger partial charge in [-0.05, 0) is 0 Å². The van der Waals surface area contributed by atoms with E-state index in [4.69, 9.17) is 0 Å². The van der Waals surface area contributed by atoms with Gasteiger partial charge < -0.3 is 26.2 Å². The van der Waals surface area contributed by atoms with Crippen LogP contribution >= 0.6 is 0 Å². The Morgan fingerprint density at radius 2 is 1.44 bits per heavy atom. The smallest absolute Gasteiger partial charge is 0.550 e. The van der Waals surface area contributed by atoms with E-state index >= 15 is 0 Å². The summed E-state index contributed by atoms with van der Waals surface area (Å²) in [6.07, 6.45) is 8.10. The van der Waals surface area contributed by atoms with Gasteiger partial charge in [-0.15, -0.1) is 0 Å². The number of hydrogen-bond donors (Lipinski definition) is 0. The van der Waals surface area contributed by atoms with Gasteiger partial charge in [0.15, 0.2) is 0 Å². The number of rotatable bonds is 7. The summed E-state index contributed by atoms with van der Waals surface area (Å²) in [5, 5.41) is 18.6. The molecule has 0 amide bonds. The van der Waals surface area contributed by atoms with E-state index in [1.54, 1.807) is 0 Å². The van der Waals surface area contributed by atoms with Crippen molar-refractivity contribution >= 4 is 11.9 Å². The van der Waals surface area contributed by atoms with E-state index in [-0.39, 0.29) is 122 Å². The molecule has 90 valence electrons. The molecule has 0 rings (SSSR count). The Labute approximate surface area is 207 Å². The summed E-state index contributed by atoms with van der Waals surface area (Å²) in [5.74, 6) is -3.25. The van der Waals surface area contributed by atoms with Crippen molar-refractivity contribution in [1.29, 1.82) is 0 Å². The maximum absolute atomic E-state index is 9.28. The van der Waals surface area contributed by atoms with Crippen LogP contribution in [0.15, 0.2) is 0 Å². The van der Waals surface area contributed by atoms with Crippen molar-refractivity contribution in [3.63, 3.8) is 0 Å². The Hall–Kier alpha value is 2.81. The average Bonchev–Trinajstić information content (AvgIpc) is 2.11. The molecule has 0 aromatic rings. The van der Waals surface area contributed by atoms with Crippen LogP contribution in [0.1, 0.15) is 52.4 Å². The third kappa shape index (κ3) is 42.8. The second-order valence-electron chi connectivity index (χ2n) is 3.18. The second-order valence-corrected chi connectivity index (χ2v) is 3.18. The first-order valence-electron chi connectivity index (χ1n) is 5.22. The van der Waals surface area contributed by atoms with Crippen LogP contribution in [0.4, 0.5) is 0 Å². The predicted molar refractivity (Wildman–Crippen MR) is 53.4 cm³/mol. The van der Waals surface area contributed by atoms with Gasteiger partial charge in [0.1, 0.15) is 0 Å². The molecule has 0 radical (unpaired) electrons. The van der Waals surface area contributed by atoms with E-state index in [2.05, 4.69) is 20.3 Å². The number of carbonyl (C=O) groups excluding carboxylic acids is 2. The first-order valence-corrected chi connectivity index (χ1v) is 5.22. The molecule has 18 heavy (non-hydrogen) atoms. The van der Waals surface area contributed by atoms with E-state index in [0.717, 1.165) is 0 Å². The zero-order valence-electron chi connectivity index (χ0n) is 12.5. The molecular weight excluding hydrogens is 281 g/mol. The fourth-order valence-electron chi connectivity index (χ4n) is 0.893. The summed E-state index contributed by atoms with van der Waals surface area (Å²) >= 11 is 0. The van der Waals surface area contributed by atoms with Gasteiger partial charge in [0.05, 0.1) is 0 Å². The van der Waals surface area contributed by atoms with Gasteiger partial charge in [-0.3, -0.25) is 0 Å². The monoisotopic (exact) mass is 300 g/mol. The third-order valence-corrected chi connectivity index (χ3v) is 1.64. The van der Waals surface area contributed by atoms with Crippen molar-refractivity contribution in [3.8, 4) is 0 Å². The minimum absolute atomic E-state index is 0. The number of aliphatic carboxylic acids is 2.